The van der Waals surface area contributed by atoms with E-state index in [0.29, 0.717) is 6.61 Å². The minimum atomic E-state index is 0.116. The third-order valence-corrected chi connectivity index (χ3v) is 3.95. The smallest absolute Gasteiger partial charge is 0.0589 e. The number of benzene rings is 1. The van der Waals surface area contributed by atoms with Gasteiger partial charge >= 0.3 is 0 Å². The van der Waals surface area contributed by atoms with Crippen molar-refractivity contribution < 1.29 is 4.74 Å². The Bertz CT molecular complexity index is 359. The van der Waals surface area contributed by atoms with Crippen molar-refractivity contribution in [2.24, 2.45) is 5.73 Å². The lowest BCUT2D eigenvalue weighted by Crippen LogP contribution is -2.40. The van der Waals surface area contributed by atoms with Crippen LogP contribution in [0.1, 0.15) is 24.9 Å². The Balaban J connectivity index is 2.94. The van der Waals surface area contributed by atoms with E-state index in [4.69, 9.17) is 10.5 Å². The summed E-state index contributed by atoms with van der Waals surface area (Å²) in [5.41, 5.74) is 7.53. The summed E-state index contributed by atoms with van der Waals surface area (Å²) in [5, 5.41) is 0. The molecule has 0 spiro atoms. The molecule has 0 aliphatic rings. The Labute approximate surface area is 118 Å². The average molecular weight is 315 g/mol. The number of hydrogen-bond acceptors (Lipinski definition) is 3. The van der Waals surface area contributed by atoms with Crippen LogP contribution in [0.4, 0.5) is 0 Å². The number of hydrogen-bond donors (Lipinski definition) is 1. The summed E-state index contributed by atoms with van der Waals surface area (Å²) in [6.45, 7) is 3.71. The lowest BCUT2D eigenvalue weighted by atomic mass is 9.97. The average Bonchev–Trinajstić information content (AvgIpc) is 2.38. The fourth-order valence-electron chi connectivity index (χ4n) is 2.11. The Morgan fingerprint density at radius 3 is 2.61 bits per heavy atom. The number of likely N-dealkylation sites (N-methyl/N-ethyl adjacent to an activating group) is 1. The molecule has 0 fully saturated rings. The molecule has 2 N–H and O–H groups in total. The highest BCUT2D eigenvalue weighted by atomic mass is 79.9. The van der Waals surface area contributed by atoms with Crippen molar-refractivity contribution in [1.82, 2.24) is 4.90 Å². The topological polar surface area (TPSA) is 38.5 Å². The molecular formula is C14H23BrN2O. The highest BCUT2D eigenvalue weighted by Crippen LogP contribution is 2.29. The molecule has 0 saturated carbocycles. The van der Waals surface area contributed by atoms with Crippen LogP contribution in [0.2, 0.25) is 0 Å². The van der Waals surface area contributed by atoms with E-state index in [1.807, 2.05) is 6.07 Å². The van der Waals surface area contributed by atoms with Gasteiger partial charge in [0.2, 0.25) is 0 Å². The Kier molecular flexibility index (Phi) is 6.86. The van der Waals surface area contributed by atoms with E-state index >= 15 is 0 Å². The Morgan fingerprint density at radius 2 is 2.06 bits per heavy atom. The van der Waals surface area contributed by atoms with Gasteiger partial charge in [0.15, 0.2) is 0 Å². The van der Waals surface area contributed by atoms with E-state index in [1.165, 1.54) is 5.56 Å². The van der Waals surface area contributed by atoms with Gasteiger partial charge in [-0.25, -0.2) is 0 Å². The van der Waals surface area contributed by atoms with Crippen molar-refractivity contribution in [3.05, 3.63) is 34.3 Å². The van der Waals surface area contributed by atoms with E-state index in [0.717, 1.165) is 17.4 Å². The van der Waals surface area contributed by atoms with Crippen molar-refractivity contribution in [2.75, 3.05) is 27.3 Å². The molecule has 2 atom stereocenters. The standard InChI is InChI=1S/C14H23BrN2O/c1-4-13(16)14(17(2)9-10-18-3)11-7-5-6-8-12(11)15/h5-8,13-14H,4,9-10,16H2,1-3H3. The van der Waals surface area contributed by atoms with Crippen LogP contribution in [0.15, 0.2) is 28.7 Å². The second-order valence-electron chi connectivity index (χ2n) is 4.51. The number of rotatable bonds is 7. The first-order chi connectivity index (χ1) is 8.61. The van der Waals surface area contributed by atoms with E-state index in [1.54, 1.807) is 7.11 Å². The summed E-state index contributed by atoms with van der Waals surface area (Å²) in [6, 6.07) is 8.60. The molecular weight excluding hydrogens is 292 g/mol. The molecule has 3 nitrogen and oxygen atoms in total. The van der Waals surface area contributed by atoms with Crippen molar-refractivity contribution in [2.45, 2.75) is 25.4 Å². The van der Waals surface area contributed by atoms with Gasteiger partial charge in [-0.15, -0.1) is 0 Å². The predicted octanol–water partition coefficient (Wildman–Crippen LogP) is 2.81. The molecule has 4 heteroatoms. The van der Waals surface area contributed by atoms with Crippen molar-refractivity contribution in [1.29, 1.82) is 0 Å². The van der Waals surface area contributed by atoms with Crippen LogP contribution in [-0.2, 0) is 4.74 Å². The van der Waals surface area contributed by atoms with Crippen LogP contribution in [0, 0.1) is 0 Å². The number of halogens is 1. The highest BCUT2D eigenvalue weighted by Gasteiger charge is 2.24. The summed E-state index contributed by atoms with van der Waals surface area (Å²) in [7, 11) is 3.82. The molecule has 0 saturated heterocycles. The van der Waals surface area contributed by atoms with Crippen LogP contribution >= 0.6 is 15.9 Å². The van der Waals surface area contributed by atoms with Gasteiger partial charge in [-0.1, -0.05) is 41.1 Å². The van der Waals surface area contributed by atoms with E-state index in [2.05, 4.69) is 53.0 Å². The number of nitrogens with two attached hydrogens (primary N) is 1. The second kappa shape index (κ2) is 7.89. The Morgan fingerprint density at radius 1 is 1.39 bits per heavy atom. The largest absolute Gasteiger partial charge is 0.383 e. The summed E-state index contributed by atoms with van der Waals surface area (Å²) in [4.78, 5) is 2.26. The lowest BCUT2D eigenvalue weighted by Gasteiger charge is -2.33. The first-order valence-electron chi connectivity index (χ1n) is 6.31. The molecule has 1 aromatic carbocycles. The maximum atomic E-state index is 6.29. The second-order valence-corrected chi connectivity index (χ2v) is 5.37. The highest BCUT2D eigenvalue weighted by molar-refractivity contribution is 9.10. The third kappa shape index (κ3) is 4.05. The molecule has 18 heavy (non-hydrogen) atoms. The van der Waals surface area contributed by atoms with Gasteiger partial charge in [-0.3, -0.25) is 4.90 Å². The monoisotopic (exact) mass is 314 g/mol. The minimum absolute atomic E-state index is 0.116. The quantitative estimate of drug-likeness (QED) is 0.841. The van der Waals surface area contributed by atoms with E-state index in [9.17, 15) is 0 Å². The molecule has 2 unspecified atom stereocenters. The SMILES string of the molecule is CCC(N)C(c1ccccc1Br)N(C)CCOC. The maximum absolute atomic E-state index is 6.29. The zero-order valence-corrected chi connectivity index (χ0v) is 13.0. The van der Waals surface area contributed by atoms with Crippen LogP contribution in [0.3, 0.4) is 0 Å². The summed E-state index contributed by atoms with van der Waals surface area (Å²) >= 11 is 3.62. The van der Waals surface area contributed by atoms with E-state index in [-0.39, 0.29) is 12.1 Å². The minimum Gasteiger partial charge on any atom is -0.383 e. The fourth-order valence-corrected chi connectivity index (χ4v) is 2.63. The fraction of sp³-hybridized carbons (Fsp3) is 0.571. The zero-order valence-electron chi connectivity index (χ0n) is 11.4. The first-order valence-corrected chi connectivity index (χ1v) is 7.10. The van der Waals surface area contributed by atoms with Crippen molar-refractivity contribution in [3.8, 4) is 0 Å². The zero-order chi connectivity index (χ0) is 13.5. The van der Waals surface area contributed by atoms with E-state index < -0.39 is 0 Å². The molecule has 0 radical (unpaired) electrons. The summed E-state index contributed by atoms with van der Waals surface area (Å²) < 4.78 is 6.26. The van der Waals surface area contributed by atoms with Crippen molar-refractivity contribution in [3.63, 3.8) is 0 Å². The van der Waals surface area contributed by atoms with Gasteiger partial charge in [-0.05, 0) is 25.1 Å². The predicted molar refractivity (Wildman–Crippen MR) is 79.7 cm³/mol. The summed E-state index contributed by atoms with van der Waals surface area (Å²) in [5.74, 6) is 0. The molecule has 0 aromatic heterocycles. The normalized spacial score (nSPS) is 14.8. The third-order valence-electron chi connectivity index (χ3n) is 3.22. The first kappa shape index (κ1) is 15.6. The molecule has 0 heterocycles. The number of ether oxygens (including phenoxy) is 1. The molecule has 1 aromatic rings. The molecule has 1 rings (SSSR count). The molecule has 102 valence electrons. The molecule has 0 bridgehead atoms. The van der Waals surface area contributed by atoms with Gasteiger partial charge in [0.05, 0.1) is 12.6 Å². The van der Waals surface area contributed by atoms with Crippen LogP contribution in [0.25, 0.3) is 0 Å². The Hall–Kier alpha value is -0.420. The molecule has 0 amide bonds. The van der Waals surface area contributed by atoms with Crippen LogP contribution in [-0.4, -0.2) is 38.3 Å². The van der Waals surface area contributed by atoms with Gasteiger partial charge in [0, 0.05) is 24.2 Å². The van der Waals surface area contributed by atoms with Gasteiger partial charge < -0.3 is 10.5 Å². The van der Waals surface area contributed by atoms with Gasteiger partial charge in [0.25, 0.3) is 0 Å². The summed E-state index contributed by atoms with van der Waals surface area (Å²) in [6.07, 6.45) is 0.948. The maximum Gasteiger partial charge on any atom is 0.0589 e. The lowest BCUT2D eigenvalue weighted by molar-refractivity contribution is 0.128. The van der Waals surface area contributed by atoms with Gasteiger partial charge in [0.1, 0.15) is 0 Å². The number of methoxy groups -OCH3 is 1. The van der Waals surface area contributed by atoms with Gasteiger partial charge in [-0.2, -0.15) is 0 Å². The van der Waals surface area contributed by atoms with Crippen molar-refractivity contribution >= 4 is 15.9 Å². The van der Waals surface area contributed by atoms with Crippen LogP contribution in [0.5, 0.6) is 0 Å². The van der Waals surface area contributed by atoms with Crippen LogP contribution < -0.4 is 5.73 Å². The molecule has 0 aliphatic heterocycles. The molecule has 0 aliphatic carbocycles. The number of nitrogens with zero attached hydrogens (tertiary/aromatic N) is 1.